The first-order valence-electron chi connectivity index (χ1n) is 8.94. The summed E-state index contributed by atoms with van der Waals surface area (Å²) in [6.45, 7) is 3.72. The van der Waals surface area contributed by atoms with E-state index in [1.165, 1.54) is 4.90 Å². The number of carbonyl (C=O) groups excluding carboxylic acids is 2. The van der Waals surface area contributed by atoms with Gasteiger partial charge in [-0.1, -0.05) is 19.1 Å². The molecule has 1 aliphatic rings. The molecule has 1 amide bonds. The van der Waals surface area contributed by atoms with Crippen molar-refractivity contribution in [3.63, 3.8) is 0 Å². The normalized spacial score (nSPS) is 15.2. The molecular formula is C20H20FN3O4. The smallest absolute Gasteiger partial charge is 0.270 e. The lowest BCUT2D eigenvalue weighted by Gasteiger charge is -2.36. The second-order valence-corrected chi connectivity index (χ2v) is 6.72. The van der Waals surface area contributed by atoms with Crippen LogP contribution in [0.5, 0.6) is 0 Å². The van der Waals surface area contributed by atoms with Crippen LogP contribution in [-0.4, -0.2) is 48.2 Å². The molecule has 0 aliphatic carbocycles. The minimum absolute atomic E-state index is 0.159. The maximum atomic E-state index is 14.0. The van der Waals surface area contributed by atoms with E-state index in [2.05, 4.69) is 4.90 Å². The first-order valence-corrected chi connectivity index (χ1v) is 8.94. The highest BCUT2D eigenvalue weighted by molar-refractivity contribution is 5.95. The summed E-state index contributed by atoms with van der Waals surface area (Å²) in [6, 6.07) is 10.7. The Morgan fingerprint density at radius 3 is 2.36 bits per heavy atom. The van der Waals surface area contributed by atoms with Crippen LogP contribution in [0.1, 0.15) is 28.8 Å². The number of benzene rings is 2. The maximum absolute atomic E-state index is 14.0. The van der Waals surface area contributed by atoms with Crippen LogP contribution in [0.3, 0.4) is 0 Å². The topological polar surface area (TPSA) is 83.8 Å². The third-order valence-electron chi connectivity index (χ3n) is 4.95. The van der Waals surface area contributed by atoms with Crippen LogP contribution in [0.4, 0.5) is 15.8 Å². The highest BCUT2D eigenvalue weighted by Crippen LogP contribution is 2.23. The molecule has 0 bridgehead atoms. The third kappa shape index (κ3) is 4.00. The van der Waals surface area contributed by atoms with Gasteiger partial charge in [0.05, 0.1) is 10.5 Å². The number of halogens is 1. The summed E-state index contributed by atoms with van der Waals surface area (Å²) in [7, 11) is 0. The lowest BCUT2D eigenvalue weighted by atomic mass is 10.0. The molecule has 7 nitrogen and oxygen atoms in total. The largest absolute Gasteiger partial charge is 0.368 e. The molecule has 0 radical (unpaired) electrons. The molecule has 1 aliphatic heterocycles. The van der Waals surface area contributed by atoms with Gasteiger partial charge in [0, 0.05) is 49.9 Å². The zero-order chi connectivity index (χ0) is 20.3. The van der Waals surface area contributed by atoms with Gasteiger partial charge >= 0.3 is 0 Å². The first kappa shape index (κ1) is 19.5. The summed E-state index contributed by atoms with van der Waals surface area (Å²) in [5.41, 5.74) is 1.33. The number of aldehydes is 1. The summed E-state index contributed by atoms with van der Waals surface area (Å²) < 4.78 is 14.0. The van der Waals surface area contributed by atoms with Crippen LogP contribution in [0.2, 0.25) is 0 Å². The fourth-order valence-electron chi connectivity index (χ4n) is 3.20. The molecule has 0 N–H and O–H groups in total. The lowest BCUT2D eigenvalue weighted by Crippen LogP contribution is -2.49. The second kappa shape index (κ2) is 8.16. The number of rotatable bonds is 5. The average Bonchev–Trinajstić information content (AvgIpc) is 2.73. The quantitative estimate of drug-likeness (QED) is 0.449. The lowest BCUT2D eigenvalue weighted by molar-refractivity contribution is -0.384. The van der Waals surface area contributed by atoms with Crippen molar-refractivity contribution in [2.24, 2.45) is 0 Å². The molecule has 1 unspecified atom stereocenters. The van der Waals surface area contributed by atoms with Crippen molar-refractivity contribution < 1.29 is 18.9 Å². The van der Waals surface area contributed by atoms with E-state index in [4.69, 9.17) is 0 Å². The summed E-state index contributed by atoms with van der Waals surface area (Å²) in [4.78, 5) is 37.3. The Kier molecular flexibility index (Phi) is 5.67. The summed E-state index contributed by atoms with van der Waals surface area (Å²) >= 11 is 0. The molecule has 2 aromatic rings. The number of nitro groups is 1. The van der Waals surface area contributed by atoms with Gasteiger partial charge in [-0.3, -0.25) is 14.9 Å². The molecule has 146 valence electrons. The Morgan fingerprint density at radius 2 is 1.79 bits per heavy atom. The monoisotopic (exact) mass is 385 g/mol. The van der Waals surface area contributed by atoms with Crippen LogP contribution >= 0.6 is 0 Å². The van der Waals surface area contributed by atoms with Gasteiger partial charge in [-0.2, -0.15) is 0 Å². The molecule has 1 saturated heterocycles. The highest BCUT2D eigenvalue weighted by atomic mass is 19.1. The van der Waals surface area contributed by atoms with E-state index < -0.39 is 16.6 Å². The van der Waals surface area contributed by atoms with E-state index in [0.29, 0.717) is 26.2 Å². The predicted octanol–water partition coefficient (Wildman–Crippen LogP) is 3.00. The third-order valence-corrected chi connectivity index (χ3v) is 4.95. The van der Waals surface area contributed by atoms with Gasteiger partial charge < -0.3 is 14.6 Å². The summed E-state index contributed by atoms with van der Waals surface area (Å²) in [6.07, 6.45) is 0.895. The van der Waals surface area contributed by atoms with Crippen molar-refractivity contribution in [2.75, 3.05) is 31.1 Å². The van der Waals surface area contributed by atoms with Crippen LogP contribution < -0.4 is 4.90 Å². The van der Waals surface area contributed by atoms with E-state index in [-0.39, 0.29) is 17.2 Å². The second-order valence-electron chi connectivity index (χ2n) is 6.72. The number of amides is 1. The maximum Gasteiger partial charge on any atom is 0.270 e. The predicted molar refractivity (Wildman–Crippen MR) is 102 cm³/mol. The number of nitrogens with zero attached hydrogens (tertiary/aromatic N) is 3. The van der Waals surface area contributed by atoms with Gasteiger partial charge in [-0.15, -0.1) is 0 Å². The van der Waals surface area contributed by atoms with Crippen LogP contribution in [0.15, 0.2) is 42.5 Å². The van der Waals surface area contributed by atoms with Gasteiger partial charge in [0.2, 0.25) is 0 Å². The Morgan fingerprint density at radius 1 is 1.14 bits per heavy atom. The van der Waals surface area contributed by atoms with E-state index in [9.17, 15) is 24.1 Å². The minimum Gasteiger partial charge on any atom is -0.368 e. The number of non-ortho nitro benzene ring substituents is 1. The molecule has 2 aromatic carbocycles. The van der Waals surface area contributed by atoms with Gasteiger partial charge in [0.15, 0.2) is 0 Å². The van der Waals surface area contributed by atoms with Crippen molar-refractivity contribution in [1.82, 2.24) is 4.90 Å². The average molecular weight is 385 g/mol. The molecule has 3 rings (SSSR count). The summed E-state index contributed by atoms with van der Waals surface area (Å²) in [5, 5.41) is 10.9. The van der Waals surface area contributed by atoms with Gasteiger partial charge in [-0.25, -0.2) is 4.39 Å². The standard InChI is InChI=1S/C20H20FN3O4/c1-14(13-25)15-2-4-16(5-3-15)22-8-10-23(11-9-22)20(26)18-12-17(24(27)28)6-7-19(18)21/h2-7,12-14H,8-11H2,1H3. The molecular weight excluding hydrogens is 365 g/mol. The molecule has 0 spiro atoms. The zero-order valence-electron chi connectivity index (χ0n) is 15.4. The SMILES string of the molecule is CC(C=O)c1ccc(N2CCN(C(=O)c3cc([N+](=O)[O-])ccc3F)CC2)cc1. The van der Waals surface area contributed by atoms with Gasteiger partial charge in [0.1, 0.15) is 12.1 Å². The fourth-order valence-corrected chi connectivity index (χ4v) is 3.20. The van der Waals surface area contributed by atoms with Gasteiger partial charge in [-0.05, 0) is 23.8 Å². The number of hydrogen-bond donors (Lipinski definition) is 0. The van der Waals surface area contributed by atoms with Crippen molar-refractivity contribution in [3.05, 3.63) is 69.5 Å². The fraction of sp³-hybridized carbons (Fsp3) is 0.300. The van der Waals surface area contributed by atoms with E-state index >= 15 is 0 Å². The van der Waals surface area contributed by atoms with Crippen molar-refractivity contribution in [1.29, 1.82) is 0 Å². The van der Waals surface area contributed by atoms with Crippen LogP contribution in [0, 0.1) is 15.9 Å². The minimum atomic E-state index is -0.766. The first-order chi connectivity index (χ1) is 13.4. The van der Waals surface area contributed by atoms with Gasteiger partial charge in [0.25, 0.3) is 11.6 Å². The van der Waals surface area contributed by atoms with Crippen LogP contribution in [0.25, 0.3) is 0 Å². The molecule has 1 atom stereocenters. The van der Waals surface area contributed by atoms with E-state index in [1.54, 1.807) is 0 Å². The van der Waals surface area contributed by atoms with Crippen molar-refractivity contribution in [3.8, 4) is 0 Å². The van der Waals surface area contributed by atoms with Crippen molar-refractivity contribution >= 4 is 23.6 Å². The van der Waals surface area contributed by atoms with E-state index in [0.717, 1.165) is 35.7 Å². The Bertz CT molecular complexity index is 893. The Labute approximate surface area is 161 Å². The molecule has 0 saturated carbocycles. The number of piperazine rings is 1. The van der Waals surface area contributed by atoms with Crippen LogP contribution in [-0.2, 0) is 4.79 Å². The number of nitro benzene ring substituents is 1. The zero-order valence-corrected chi connectivity index (χ0v) is 15.4. The molecule has 0 aromatic heterocycles. The molecule has 28 heavy (non-hydrogen) atoms. The number of carbonyl (C=O) groups is 2. The molecule has 1 heterocycles. The summed E-state index contributed by atoms with van der Waals surface area (Å²) in [5.74, 6) is -1.47. The Hall–Kier alpha value is -3.29. The molecule has 1 fully saturated rings. The number of anilines is 1. The van der Waals surface area contributed by atoms with Crippen molar-refractivity contribution in [2.45, 2.75) is 12.8 Å². The number of hydrogen-bond acceptors (Lipinski definition) is 5. The van der Waals surface area contributed by atoms with E-state index in [1.807, 2.05) is 31.2 Å². The Balaban J connectivity index is 1.67. The highest BCUT2D eigenvalue weighted by Gasteiger charge is 2.26. The molecule has 8 heteroatoms.